The number of ether oxygens (including phenoxy) is 1. The second-order valence-electron chi connectivity index (χ2n) is 20.5. The molecule has 17 nitrogen and oxygen atoms in total. The summed E-state index contributed by atoms with van der Waals surface area (Å²) in [7, 11) is 4.25. The maximum atomic E-state index is 15.1. The minimum absolute atomic E-state index is 0.0400. The average molecular weight is 1010 g/mol. The van der Waals surface area contributed by atoms with Gasteiger partial charge in [-0.25, -0.2) is 18.4 Å². The first kappa shape index (κ1) is 59.9. The van der Waals surface area contributed by atoms with Crippen LogP contribution in [0.1, 0.15) is 112 Å². The number of nitrogens with zero attached hydrogens (tertiary/aromatic N) is 5. The number of esters is 1. The SMILES string of the molecule is CC(C)C[C@H](NC(=O)[C@H](Cc1cn(Cc2ccc(F)c(F)c2)c2ccccc12)N(C)C(=O)[C@H](CC(C)C)NC(=O)[C@H](CC(C)C)N(C)C(=O)[C@@H](N)CC(C)C)C(=O)N(C)[C@@H](C)C(=O)O[C@H](CCC#N)C(=O)O. The summed E-state index contributed by atoms with van der Waals surface area (Å²) in [6.07, 6.45) is 0.396. The smallest absolute Gasteiger partial charge is 0.345 e. The number of carbonyl (C=O) groups excluding carboxylic acids is 6. The van der Waals surface area contributed by atoms with Crippen LogP contribution in [0.4, 0.5) is 8.78 Å². The maximum Gasteiger partial charge on any atom is 0.345 e. The van der Waals surface area contributed by atoms with Gasteiger partial charge in [0.15, 0.2) is 17.7 Å². The van der Waals surface area contributed by atoms with Crippen LogP contribution in [-0.2, 0) is 51.3 Å². The fraction of sp³-hybridized carbons (Fsp3) is 0.585. The average Bonchev–Trinajstić information content (AvgIpc) is 3.65. The van der Waals surface area contributed by atoms with E-state index in [0.717, 1.165) is 17.0 Å². The minimum atomic E-state index is -1.63. The first-order chi connectivity index (χ1) is 33.7. The second kappa shape index (κ2) is 27.4. The number of carboxylic acids is 1. The molecular formula is C53H76F2N8O9. The summed E-state index contributed by atoms with van der Waals surface area (Å²) in [6, 6.07) is 5.64. The van der Waals surface area contributed by atoms with E-state index in [-0.39, 0.29) is 68.7 Å². The van der Waals surface area contributed by atoms with Gasteiger partial charge in [-0.15, -0.1) is 0 Å². The fourth-order valence-corrected chi connectivity index (χ4v) is 8.56. The Kier molecular flexibility index (Phi) is 22.8. The Hall–Kier alpha value is -6.42. The molecule has 396 valence electrons. The highest BCUT2D eigenvalue weighted by Crippen LogP contribution is 2.27. The third-order valence-electron chi connectivity index (χ3n) is 12.6. The molecule has 0 fully saturated rings. The lowest BCUT2D eigenvalue weighted by molar-refractivity contribution is -0.169. The fourth-order valence-electron chi connectivity index (χ4n) is 8.56. The monoisotopic (exact) mass is 1010 g/mol. The predicted molar refractivity (Wildman–Crippen MR) is 268 cm³/mol. The molecule has 1 aromatic heterocycles. The van der Waals surface area contributed by atoms with Crippen molar-refractivity contribution in [2.24, 2.45) is 29.4 Å². The maximum absolute atomic E-state index is 15.1. The Morgan fingerprint density at radius 3 is 1.78 bits per heavy atom. The van der Waals surface area contributed by atoms with Crippen LogP contribution in [0.3, 0.4) is 0 Å². The molecule has 0 saturated carbocycles. The zero-order valence-electron chi connectivity index (χ0n) is 43.9. The Bertz CT molecular complexity index is 2420. The lowest BCUT2D eigenvalue weighted by Crippen LogP contribution is -2.60. The van der Waals surface area contributed by atoms with Crippen molar-refractivity contribution in [2.45, 2.75) is 156 Å². The summed E-state index contributed by atoms with van der Waals surface area (Å²) >= 11 is 0. The van der Waals surface area contributed by atoms with Crippen LogP contribution in [0.2, 0.25) is 0 Å². The van der Waals surface area contributed by atoms with Crippen molar-refractivity contribution in [3.8, 4) is 6.07 Å². The van der Waals surface area contributed by atoms with E-state index in [9.17, 15) is 37.9 Å². The number of nitrogens with one attached hydrogen (secondary N) is 2. The van der Waals surface area contributed by atoms with Crippen molar-refractivity contribution in [2.75, 3.05) is 21.1 Å². The molecule has 0 aliphatic rings. The molecular weight excluding hydrogens is 931 g/mol. The van der Waals surface area contributed by atoms with Gasteiger partial charge in [0.1, 0.15) is 30.2 Å². The number of hydrogen-bond acceptors (Lipinski definition) is 10. The number of amides is 5. The zero-order valence-corrected chi connectivity index (χ0v) is 43.9. The lowest BCUT2D eigenvalue weighted by atomic mass is 9.96. The molecule has 72 heavy (non-hydrogen) atoms. The topological polar surface area (TPSA) is 237 Å². The van der Waals surface area contributed by atoms with E-state index in [1.54, 1.807) is 18.3 Å². The first-order valence-corrected chi connectivity index (χ1v) is 24.7. The molecule has 5 amide bonds. The molecule has 0 saturated heterocycles. The summed E-state index contributed by atoms with van der Waals surface area (Å²) in [4.78, 5) is 101. The number of aliphatic carboxylic acids is 1. The molecule has 7 atom stereocenters. The number of hydrogen-bond donors (Lipinski definition) is 4. The van der Waals surface area contributed by atoms with Gasteiger partial charge < -0.3 is 45.5 Å². The normalized spacial score (nSPS) is 14.5. The number of likely N-dealkylation sites (N-methyl/N-ethyl adjacent to an activating group) is 3. The summed E-state index contributed by atoms with van der Waals surface area (Å²) < 4.78 is 35.3. The number of nitriles is 1. The van der Waals surface area contributed by atoms with Gasteiger partial charge in [-0.1, -0.05) is 79.7 Å². The number of carbonyl (C=O) groups is 7. The van der Waals surface area contributed by atoms with Gasteiger partial charge in [-0.3, -0.25) is 24.0 Å². The van der Waals surface area contributed by atoms with Gasteiger partial charge in [0.25, 0.3) is 0 Å². The van der Waals surface area contributed by atoms with Gasteiger partial charge in [0, 0.05) is 64.1 Å². The van der Waals surface area contributed by atoms with Gasteiger partial charge >= 0.3 is 11.9 Å². The van der Waals surface area contributed by atoms with Gasteiger partial charge in [0.05, 0.1) is 12.1 Å². The summed E-state index contributed by atoms with van der Waals surface area (Å²) in [6.45, 7) is 16.5. The second-order valence-corrected chi connectivity index (χ2v) is 20.5. The zero-order chi connectivity index (χ0) is 54.3. The van der Waals surface area contributed by atoms with E-state index in [1.807, 2.05) is 78.2 Å². The quantitative estimate of drug-likeness (QED) is 0.0667. The molecule has 3 aromatic rings. The number of para-hydroxylation sites is 1. The Labute approximate surface area is 422 Å². The van der Waals surface area contributed by atoms with Crippen LogP contribution in [-0.4, -0.2) is 129 Å². The van der Waals surface area contributed by atoms with E-state index < -0.39 is 95.5 Å². The van der Waals surface area contributed by atoms with E-state index >= 15 is 9.59 Å². The standard InChI is InChI=1S/C53H76F2N8O9/c1-30(2)22-40(57)49(66)61(11)44(25-33(7)8)47(64)59-42(24-32(5)6)51(68)62(12)45(27-36-29-63(43-17-14-13-16-37(36)43)28-35-19-20-38(54)39(55)26-35)48(65)58-41(23-31(3)4)50(67)60(10)34(9)53(71)72-46(52(69)70)18-15-21-56/h13-14,16-17,19-20,26,29-34,40-42,44-46H,15,18,22-25,27-28,57H2,1-12H3,(H,58,65)(H,59,64)(H,69,70)/t34-,40-,41-,42-,44-,45-,46+/m0/s1. The molecule has 19 heteroatoms. The number of benzene rings is 2. The highest BCUT2D eigenvalue weighted by molar-refractivity contribution is 5.97. The van der Waals surface area contributed by atoms with E-state index in [4.69, 9.17) is 15.7 Å². The van der Waals surface area contributed by atoms with Crippen LogP contribution in [0.5, 0.6) is 0 Å². The van der Waals surface area contributed by atoms with E-state index in [0.29, 0.717) is 28.5 Å². The highest BCUT2D eigenvalue weighted by atomic mass is 19.2. The van der Waals surface area contributed by atoms with Crippen molar-refractivity contribution in [1.29, 1.82) is 5.26 Å². The summed E-state index contributed by atoms with van der Waals surface area (Å²) in [5.41, 5.74) is 8.02. The van der Waals surface area contributed by atoms with Crippen LogP contribution < -0.4 is 16.4 Å². The number of rotatable bonds is 27. The molecule has 3 rings (SSSR count). The van der Waals surface area contributed by atoms with Gasteiger partial charge in [-0.2, -0.15) is 5.26 Å². The summed E-state index contributed by atoms with van der Waals surface area (Å²) in [5, 5.41) is 25.0. The largest absolute Gasteiger partial charge is 0.479 e. The lowest BCUT2D eigenvalue weighted by Gasteiger charge is -2.35. The number of halogens is 2. The van der Waals surface area contributed by atoms with Gasteiger partial charge in [-0.05, 0) is 85.6 Å². The predicted octanol–water partition coefficient (Wildman–Crippen LogP) is 5.79. The van der Waals surface area contributed by atoms with Crippen LogP contribution in [0.25, 0.3) is 10.9 Å². The molecule has 0 aliphatic heterocycles. The Morgan fingerprint density at radius 2 is 1.25 bits per heavy atom. The van der Waals surface area contributed by atoms with Crippen LogP contribution in [0, 0.1) is 46.6 Å². The Morgan fingerprint density at radius 1 is 0.722 bits per heavy atom. The molecule has 0 bridgehead atoms. The first-order valence-electron chi connectivity index (χ1n) is 24.7. The van der Waals surface area contributed by atoms with Crippen LogP contribution in [0.15, 0.2) is 48.7 Å². The third kappa shape index (κ3) is 16.8. The number of fused-ring (bicyclic) bond motifs is 1. The molecule has 2 aromatic carbocycles. The molecule has 0 unspecified atom stereocenters. The van der Waals surface area contributed by atoms with Crippen molar-refractivity contribution in [1.82, 2.24) is 29.9 Å². The molecule has 0 aliphatic carbocycles. The number of aromatic nitrogens is 1. The molecule has 5 N–H and O–H groups in total. The Balaban J connectivity index is 2.14. The van der Waals surface area contributed by atoms with Crippen molar-refractivity contribution in [3.63, 3.8) is 0 Å². The molecule has 0 radical (unpaired) electrons. The van der Waals surface area contributed by atoms with Gasteiger partial charge in [0.2, 0.25) is 29.5 Å². The van der Waals surface area contributed by atoms with Crippen molar-refractivity contribution >= 4 is 52.4 Å². The van der Waals surface area contributed by atoms with Crippen molar-refractivity contribution < 1.29 is 52.2 Å². The van der Waals surface area contributed by atoms with E-state index in [2.05, 4.69) is 10.6 Å². The van der Waals surface area contributed by atoms with Crippen molar-refractivity contribution in [3.05, 3.63) is 71.4 Å². The summed E-state index contributed by atoms with van der Waals surface area (Å²) in [5.74, 6) is -7.90. The van der Waals surface area contributed by atoms with Crippen LogP contribution >= 0.6 is 0 Å². The van der Waals surface area contributed by atoms with E-state index in [1.165, 1.54) is 43.9 Å². The molecule has 1 heterocycles. The number of carboxylic acid groups (broad SMARTS) is 1. The number of nitrogens with two attached hydrogens (primary N) is 1. The minimum Gasteiger partial charge on any atom is -0.479 e. The molecule has 0 spiro atoms. The highest BCUT2D eigenvalue weighted by Gasteiger charge is 2.39. The third-order valence-corrected chi connectivity index (χ3v) is 12.6.